The van der Waals surface area contributed by atoms with E-state index in [9.17, 15) is 22.8 Å². The lowest BCUT2D eigenvalue weighted by Gasteiger charge is -2.17. The Hall–Kier alpha value is -3.04. The largest absolute Gasteiger partial charge is 0.481 e. The summed E-state index contributed by atoms with van der Waals surface area (Å²) in [6.45, 7) is 0.655. The van der Waals surface area contributed by atoms with E-state index in [2.05, 4.69) is 10.4 Å². The molecule has 1 saturated heterocycles. The second-order valence-corrected chi connectivity index (χ2v) is 6.27. The standard InChI is InChI=1S/C17H17F3N4O3/c18-17(19,20)13-3-1-11(2-4-13)9-24-14(5-7-21-24)22-16(27)23-8-6-12(10-23)15(25)26/h1-5,7,12H,6,8-10H2,(H,22,27)(H,25,26). The lowest BCUT2D eigenvalue weighted by Crippen LogP contribution is -2.34. The molecule has 27 heavy (non-hydrogen) atoms. The number of carbonyl (C=O) groups excluding carboxylic acids is 1. The van der Waals surface area contributed by atoms with Gasteiger partial charge in [-0.2, -0.15) is 18.3 Å². The van der Waals surface area contributed by atoms with Crippen LogP contribution < -0.4 is 5.32 Å². The zero-order valence-corrected chi connectivity index (χ0v) is 14.1. The molecule has 0 aliphatic carbocycles. The van der Waals surface area contributed by atoms with E-state index in [0.717, 1.165) is 12.1 Å². The highest BCUT2D eigenvalue weighted by Crippen LogP contribution is 2.29. The van der Waals surface area contributed by atoms with Crippen molar-refractivity contribution in [3.8, 4) is 0 Å². The monoisotopic (exact) mass is 382 g/mol. The molecule has 1 unspecified atom stereocenters. The second-order valence-electron chi connectivity index (χ2n) is 6.27. The van der Waals surface area contributed by atoms with E-state index in [1.54, 1.807) is 6.07 Å². The van der Waals surface area contributed by atoms with Crippen molar-refractivity contribution >= 4 is 17.8 Å². The molecule has 144 valence electrons. The number of nitrogens with one attached hydrogen (secondary N) is 1. The topological polar surface area (TPSA) is 87.5 Å². The van der Waals surface area contributed by atoms with Gasteiger partial charge in [0.1, 0.15) is 5.82 Å². The van der Waals surface area contributed by atoms with Crippen molar-refractivity contribution in [3.05, 3.63) is 47.7 Å². The van der Waals surface area contributed by atoms with Gasteiger partial charge in [0, 0.05) is 19.2 Å². The van der Waals surface area contributed by atoms with Crippen LogP contribution >= 0.6 is 0 Å². The molecule has 1 aliphatic heterocycles. The first kappa shape index (κ1) is 18.7. The number of amides is 2. The summed E-state index contributed by atoms with van der Waals surface area (Å²) in [5.74, 6) is -1.14. The van der Waals surface area contributed by atoms with Crippen LogP contribution in [0.5, 0.6) is 0 Å². The molecule has 0 saturated carbocycles. The van der Waals surface area contributed by atoms with Crippen LogP contribution in [-0.2, 0) is 17.5 Å². The first-order chi connectivity index (χ1) is 12.7. The Labute approximate surface area is 152 Å². The molecule has 3 rings (SSSR count). The number of anilines is 1. The molecule has 2 amide bonds. The summed E-state index contributed by atoms with van der Waals surface area (Å²) in [5.41, 5.74) is -0.142. The molecule has 0 bridgehead atoms. The molecule has 1 atom stereocenters. The predicted octanol–water partition coefficient (Wildman–Crippen LogP) is 2.89. The molecule has 2 aromatic rings. The van der Waals surface area contributed by atoms with Crippen LogP contribution in [0.1, 0.15) is 17.5 Å². The maximum Gasteiger partial charge on any atom is 0.416 e. The number of halogens is 3. The zero-order chi connectivity index (χ0) is 19.6. The Morgan fingerprint density at radius 1 is 1.22 bits per heavy atom. The fourth-order valence-corrected chi connectivity index (χ4v) is 2.87. The minimum atomic E-state index is -4.40. The summed E-state index contributed by atoms with van der Waals surface area (Å²) >= 11 is 0. The molecular formula is C17H17F3N4O3. The van der Waals surface area contributed by atoms with Gasteiger partial charge in [-0.05, 0) is 24.1 Å². The van der Waals surface area contributed by atoms with Crippen LogP contribution in [0.15, 0.2) is 36.5 Å². The van der Waals surface area contributed by atoms with E-state index >= 15 is 0 Å². The van der Waals surface area contributed by atoms with Gasteiger partial charge in [0.15, 0.2) is 0 Å². The maximum absolute atomic E-state index is 12.6. The number of carbonyl (C=O) groups is 2. The fourth-order valence-electron chi connectivity index (χ4n) is 2.87. The van der Waals surface area contributed by atoms with Gasteiger partial charge in [-0.1, -0.05) is 12.1 Å². The van der Waals surface area contributed by atoms with Crippen LogP contribution in [0.25, 0.3) is 0 Å². The number of carboxylic acids is 1. The summed E-state index contributed by atoms with van der Waals surface area (Å²) in [6, 6.07) is 5.82. The molecule has 7 nitrogen and oxygen atoms in total. The normalized spacial score (nSPS) is 17.1. The average molecular weight is 382 g/mol. The molecule has 2 heterocycles. The minimum Gasteiger partial charge on any atom is -0.481 e. The number of nitrogens with zero attached hydrogens (tertiary/aromatic N) is 3. The van der Waals surface area contributed by atoms with Gasteiger partial charge in [-0.25, -0.2) is 9.48 Å². The Kier molecular flexibility index (Phi) is 5.06. The van der Waals surface area contributed by atoms with E-state index < -0.39 is 29.7 Å². The number of rotatable bonds is 4. The predicted molar refractivity (Wildman–Crippen MR) is 89.1 cm³/mol. The third-order valence-electron chi connectivity index (χ3n) is 4.39. The molecule has 1 aromatic heterocycles. The molecule has 2 N–H and O–H groups in total. The molecule has 0 radical (unpaired) electrons. The number of hydrogen-bond donors (Lipinski definition) is 2. The van der Waals surface area contributed by atoms with Crippen molar-refractivity contribution in [3.63, 3.8) is 0 Å². The maximum atomic E-state index is 12.6. The van der Waals surface area contributed by atoms with Gasteiger partial charge in [-0.3, -0.25) is 10.1 Å². The summed E-state index contributed by atoms with van der Waals surface area (Å²) in [5, 5.41) is 15.7. The van der Waals surface area contributed by atoms with Gasteiger partial charge in [0.25, 0.3) is 0 Å². The molecule has 10 heteroatoms. The van der Waals surface area contributed by atoms with Crippen LogP contribution in [0, 0.1) is 5.92 Å². The number of likely N-dealkylation sites (tertiary alicyclic amines) is 1. The van der Waals surface area contributed by atoms with Crippen LogP contribution in [0.3, 0.4) is 0 Å². The van der Waals surface area contributed by atoms with Crippen molar-refractivity contribution < 1.29 is 27.9 Å². The fraction of sp³-hybridized carbons (Fsp3) is 0.353. The van der Waals surface area contributed by atoms with E-state index in [-0.39, 0.29) is 13.1 Å². The van der Waals surface area contributed by atoms with E-state index in [4.69, 9.17) is 5.11 Å². The Morgan fingerprint density at radius 2 is 1.93 bits per heavy atom. The van der Waals surface area contributed by atoms with Crippen LogP contribution in [0.4, 0.5) is 23.8 Å². The number of alkyl halides is 3. The van der Waals surface area contributed by atoms with Gasteiger partial charge in [0.05, 0.1) is 24.2 Å². The van der Waals surface area contributed by atoms with Gasteiger partial charge < -0.3 is 10.0 Å². The lowest BCUT2D eigenvalue weighted by molar-refractivity contribution is -0.141. The smallest absolute Gasteiger partial charge is 0.416 e. The number of hydrogen-bond acceptors (Lipinski definition) is 3. The van der Waals surface area contributed by atoms with Crippen LogP contribution in [-0.4, -0.2) is 44.9 Å². The first-order valence-corrected chi connectivity index (χ1v) is 8.20. The number of aliphatic carboxylic acids is 1. The Balaban J connectivity index is 1.64. The Bertz CT molecular complexity index is 833. The van der Waals surface area contributed by atoms with Crippen molar-refractivity contribution in [1.82, 2.24) is 14.7 Å². The van der Waals surface area contributed by atoms with Crippen molar-refractivity contribution in [2.24, 2.45) is 5.92 Å². The zero-order valence-electron chi connectivity index (χ0n) is 14.1. The van der Waals surface area contributed by atoms with Crippen LogP contribution in [0.2, 0.25) is 0 Å². The third kappa shape index (κ3) is 4.39. The highest BCUT2D eigenvalue weighted by Gasteiger charge is 2.31. The van der Waals surface area contributed by atoms with E-state index in [1.807, 2.05) is 0 Å². The summed E-state index contributed by atoms with van der Waals surface area (Å²) in [4.78, 5) is 24.7. The quantitative estimate of drug-likeness (QED) is 0.851. The van der Waals surface area contributed by atoms with E-state index in [0.29, 0.717) is 24.3 Å². The van der Waals surface area contributed by atoms with Gasteiger partial charge >= 0.3 is 18.2 Å². The molecule has 1 aromatic carbocycles. The average Bonchev–Trinajstić information content (AvgIpc) is 3.24. The number of urea groups is 1. The highest BCUT2D eigenvalue weighted by molar-refractivity contribution is 5.89. The summed E-state index contributed by atoms with van der Waals surface area (Å²) < 4.78 is 39.3. The highest BCUT2D eigenvalue weighted by atomic mass is 19.4. The van der Waals surface area contributed by atoms with E-state index in [1.165, 1.54) is 27.9 Å². The molecule has 0 spiro atoms. The third-order valence-corrected chi connectivity index (χ3v) is 4.39. The van der Waals surface area contributed by atoms with Gasteiger partial charge in [-0.15, -0.1) is 0 Å². The van der Waals surface area contributed by atoms with Crippen molar-refractivity contribution in [2.75, 3.05) is 18.4 Å². The lowest BCUT2D eigenvalue weighted by atomic mass is 10.1. The molecular weight excluding hydrogens is 365 g/mol. The SMILES string of the molecule is O=C(O)C1CCN(C(=O)Nc2ccnn2Cc2ccc(C(F)(F)F)cc2)C1. The number of aromatic nitrogens is 2. The molecule has 1 fully saturated rings. The van der Waals surface area contributed by atoms with Crippen molar-refractivity contribution in [2.45, 2.75) is 19.1 Å². The second kappa shape index (κ2) is 7.29. The number of benzene rings is 1. The Morgan fingerprint density at radius 3 is 2.52 bits per heavy atom. The number of carboxylic acid groups (broad SMARTS) is 1. The van der Waals surface area contributed by atoms with Gasteiger partial charge in [0.2, 0.25) is 0 Å². The summed E-state index contributed by atoms with van der Waals surface area (Å²) in [6.07, 6.45) is -2.54. The first-order valence-electron chi connectivity index (χ1n) is 8.20. The van der Waals surface area contributed by atoms with Crippen molar-refractivity contribution in [1.29, 1.82) is 0 Å². The summed E-state index contributed by atoms with van der Waals surface area (Å²) in [7, 11) is 0. The minimum absolute atomic E-state index is 0.133. The molecule has 1 aliphatic rings.